The molecule has 1 N–H and O–H groups in total. The van der Waals surface area contributed by atoms with Gasteiger partial charge in [-0.15, -0.1) is 0 Å². The predicted octanol–water partition coefficient (Wildman–Crippen LogP) is 4.91. The summed E-state index contributed by atoms with van der Waals surface area (Å²) in [5, 5.41) is 14.6. The predicted molar refractivity (Wildman–Crippen MR) is 87.1 cm³/mol. The van der Waals surface area contributed by atoms with Crippen molar-refractivity contribution in [3.8, 4) is 0 Å². The smallest absolute Gasteiger partial charge is 0.380 e. The van der Waals surface area contributed by atoms with Crippen LogP contribution in [0.5, 0.6) is 0 Å². The number of nitro groups is 1. The number of nitro benzene ring substituents is 1. The van der Waals surface area contributed by atoms with Crippen molar-refractivity contribution in [2.24, 2.45) is 0 Å². The average Bonchev–Trinajstić information content (AvgIpc) is 2.59. The molecule has 0 aliphatic rings. The molecule has 0 bridgehead atoms. The third kappa shape index (κ3) is 3.41. The molecule has 0 atom stereocenters. The molecular formula is C17H11F4N3O2. The van der Waals surface area contributed by atoms with Crippen molar-refractivity contribution in [2.75, 3.05) is 5.32 Å². The third-order valence-corrected chi connectivity index (χ3v) is 3.84. The summed E-state index contributed by atoms with van der Waals surface area (Å²) in [6.45, 7) is -0.232. The Morgan fingerprint density at radius 3 is 2.58 bits per heavy atom. The number of nitrogens with one attached hydrogen (secondary N) is 1. The molecule has 2 aromatic carbocycles. The van der Waals surface area contributed by atoms with E-state index in [2.05, 4.69) is 10.3 Å². The topological polar surface area (TPSA) is 68.1 Å². The van der Waals surface area contributed by atoms with Gasteiger partial charge < -0.3 is 5.32 Å². The molecule has 26 heavy (non-hydrogen) atoms. The molecule has 134 valence electrons. The van der Waals surface area contributed by atoms with E-state index >= 15 is 0 Å². The van der Waals surface area contributed by atoms with Gasteiger partial charge in [0.1, 0.15) is 5.82 Å². The van der Waals surface area contributed by atoms with Crippen molar-refractivity contribution < 1.29 is 22.5 Å². The highest BCUT2D eigenvalue weighted by Crippen LogP contribution is 2.34. The summed E-state index contributed by atoms with van der Waals surface area (Å²) in [4.78, 5) is 14.4. The largest absolute Gasteiger partial charge is 0.416 e. The van der Waals surface area contributed by atoms with Crippen LogP contribution in [-0.2, 0) is 12.7 Å². The molecule has 1 heterocycles. The number of benzene rings is 2. The van der Waals surface area contributed by atoms with E-state index in [-0.39, 0.29) is 23.2 Å². The lowest BCUT2D eigenvalue weighted by atomic mass is 10.1. The highest BCUT2D eigenvalue weighted by atomic mass is 19.4. The second kappa shape index (κ2) is 6.58. The molecule has 0 amide bonds. The lowest BCUT2D eigenvalue weighted by Gasteiger charge is -2.15. The van der Waals surface area contributed by atoms with Crippen LogP contribution >= 0.6 is 0 Å². The van der Waals surface area contributed by atoms with E-state index in [4.69, 9.17) is 0 Å². The van der Waals surface area contributed by atoms with Gasteiger partial charge in [0, 0.05) is 36.1 Å². The van der Waals surface area contributed by atoms with Gasteiger partial charge in [0.25, 0.3) is 5.69 Å². The van der Waals surface area contributed by atoms with Crippen molar-refractivity contribution in [2.45, 2.75) is 12.7 Å². The first-order valence-electron chi connectivity index (χ1n) is 7.38. The van der Waals surface area contributed by atoms with Crippen molar-refractivity contribution >= 4 is 22.1 Å². The van der Waals surface area contributed by atoms with Crippen LogP contribution in [0.15, 0.2) is 48.8 Å². The van der Waals surface area contributed by atoms with Crippen molar-refractivity contribution in [3.05, 3.63) is 75.9 Å². The Hall–Kier alpha value is -3.23. The van der Waals surface area contributed by atoms with Crippen LogP contribution in [0.3, 0.4) is 0 Å². The molecule has 5 nitrogen and oxygen atoms in total. The van der Waals surface area contributed by atoms with Crippen LogP contribution in [0.2, 0.25) is 0 Å². The van der Waals surface area contributed by atoms with Crippen molar-refractivity contribution in [3.63, 3.8) is 0 Å². The number of aromatic nitrogens is 1. The van der Waals surface area contributed by atoms with E-state index in [0.717, 1.165) is 12.1 Å². The van der Waals surface area contributed by atoms with Gasteiger partial charge in [-0.05, 0) is 29.8 Å². The molecule has 9 heteroatoms. The third-order valence-electron chi connectivity index (χ3n) is 3.84. The van der Waals surface area contributed by atoms with Crippen LogP contribution in [0.4, 0.5) is 28.9 Å². The number of hydrogen-bond donors (Lipinski definition) is 1. The molecule has 3 rings (SSSR count). The van der Waals surface area contributed by atoms with Crippen LogP contribution in [0.25, 0.3) is 10.8 Å². The van der Waals surface area contributed by atoms with E-state index in [1.165, 1.54) is 30.6 Å². The van der Waals surface area contributed by atoms with E-state index in [0.29, 0.717) is 17.1 Å². The number of fused-ring (bicyclic) bond motifs is 1. The maximum absolute atomic E-state index is 13.2. The van der Waals surface area contributed by atoms with Gasteiger partial charge in [0.2, 0.25) is 0 Å². The fourth-order valence-electron chi connectivity index (χ4n) is 2.65. The summed E-state index contributed by atoms with van der Waals surface area (Å²) in [7, 11) is 0. The fourth-order valence-corrected chi connectivity index (χ4v) is 2.65. The molecule has 0 spiro atoms. The highest BCUT2D eigenvalue weighted by Gasteiger charge is 2.33. The van der Waals surface area contributed by atoms with Gasteiger partial charge in [0.05, 0.1) is 15.9 Å². The zero-order valence-electron chi connectivity index (χ0n) is 13.0. The van der Waals surface area contributed by atoms with E-state index in [9.17, 15) is 27.7 Å². The quantitative estimate of drug-likeness (QED) is 0.405. The lowest BCUT2D eigenvalue weighted by molar-refractivity contribution is -0.383. The van der Waals surface area contributed by atoms with E-state index < -0.39 is 22.5 Å². The Kier molecular flexibility index (Phi) is 4.45. The molecule has 0 aliphatic carbocycles. The Labute approximate surface area is 144 Å². The Morgan fingerprint density at radius 1 is 1.12 bits per heavy atom. The summed E-state index contributed by atoms with van der Waals surface area (Å²) in [6, 6.07) is 6.64. The summed E-state index contributed by atoms with van der Waals surface area (Å²) in [5.41, 5.74) is -0.959. The minimum Gasteiger partial charge on any atom is -0.380 e. The van der Waals surface area contributed by atoms with Gasteiger partial charge in [-0.2, -0.15) is 13.2 Å². The fraction of sp³-hybridized carbons (Fsp3) is 0.118. The molecule has 1 aromatic heterocycles. The summed E-state index contributed by atoms with van der Waals surface area (Å²) < 4.78 is 52.4. The van der Waals surface area contributed by atoms with Crippen LogP contribution < -0.4 is 5.32 Å². The Morgan fingerprint density at radius 2 is 1.88 bits per heavy atom. The van der Waals surface area contributed by atoms with Gasteiger partial charge in [-0.25, -0.2) is 4.39 Å². The second-order valence-electron chi connectivity index (χ2n) is 5.46. The first-order valence-corrected chi connectivity index (χ1v) is 7.38. The molecule has 0 fully saturated rings. The molecule has 0 unspecified atom stereocenters. The van der Waals surface area contributed by atoms with Gasteiger partial charge in [-0.1, -0.05) is 6.07 Å². The van der Waals surface area contributed by atoms with Crippen molar-refractivity contribution in [1.82, 2.24) is 4.98 Å². The minimum absolute atomic E-state index is 0.139. The number of alkyl halides is 3. The number of halogens is 4. The molecule has 0 aliphatic heterocycles. The molecule has 0 saturated carbocycles. The van der Waals surface area contributed by atoms with E-state index in [1.807, 2.05) is 0 Å². The molecule has 0 saturated heterocycles. The Bertz CT molecular complexity index is 989. The minimum atomic E-state index is -4.69. The van der Waals surface area contributed by atoms with Crippen LogP contribution in [-0.4, -0.2) is 9.91 Å². The second-order valence-corrected chi connectivity index (χ2v) is 5.46. The first kappa shape index (κ1) is 17.6. The molecular weight excluding hydrogens is 354 g/mol. The first-order chi connectivity index (χ1) is 12.3. The maximum atomic E-state index is 13.2. The monoisotopic (exact) mass is 365 g/mol. The number of anilines is 1. The number of rotatable bonds is 4. The number of hydrogen-bond acceptors (Lipinski definition) is 4. The Balaban J connectivity index is 1.97. The highest BCUT2D eigenvalue weighted by molar-refractivity contribution is 5.99. The lowest BCUT2D eigenvalue weighted by Crippen LogP contribution is -2.12. The normalized spacial score (nSPS) is 11.5. The number of nitrogens with zero attached hydrogens (tertiary/aromatic N) is 2. The SMILES string of the molecule is O=[N+]([O-])c1ccc(NCc2ccc(F)cc2C(F)(F)F)c2ccncc12. The summed E-state index contributed by atoms with van der Waals surface area (Å²) >= 11 is 0. The maximum Gasteiger partial charge on any atom is 0.416 e. The van der Waals surface area contributed by atoms with E-state index in [1.54, 1.807) is 0 Å². The van der Waals surface area contributed by atoms with Gasteiger partial charge >= 0.3 is 6.18 Å². The zero-order valence-corrected chi connectivity index (χ0v) is 13.0. The van der Waals surface area contributed by atoms with Crippen molar-refractivity contribution in [1.29, 1.82) is 0 Å². The zero-order chi connectivity index (χ0) is 18.9. The van der Waals surface area contributed by atoms with Crippen LogP contribution in [0, 0.1) is 15.9 Å². The number of non-ortho nitro benzene ring substituents is 1. The average molecular weight is 365 g/mol. The summed E-state index contributed by atoms with van der Waals surface area (Å²) in [5.74, 6) is -0.979. The standard InChI is InChI=1S/C17H11F4N3O2/c18-11-2-1-10(14(7-11)17(19,20)21)8-23-15-3-4-16(24(25)26)13-9-22-6-5-12(13)15/h1-7,9,23H,8H2. The summed E-state index contributed by atoms with van der Waals surface area (Å²) in [6.07, 6.45) is -1.95. The molecule has 0 radical (unpaired) electrons. The number of pyridine rings is 1. The van der Waals surface area contributed by atoms with Crippen LogP contribution in [0.1, 0.15) is 11.1 Å². The van der Waals surface area contributed by atoms with Gasteiger partial charge in [0.15, 0.2) is 0 Å². The van der Waals surface area contributed by atoms with Gasteiger partial charge in [-0.3, -0.25) is 15.1 Å². The molecule has 3 aromatic rings.